The quantitative estimate of drug-likeness (QED) is 0.708. The zero-order valence-corrected chi connectivity index (χ0v) is 12.5. The van der Waals surface area contributed by atoms with Crippen molar-refractivity contribution < 1.29 is 14.6 Å². The van der Waals surface area contributed by atoms with E-state index in [9.17, 15) is 4.79 Å². The highest BCUT2D eigenvalue weighted by atomic mass is 16.5. The molecule has 0 aliphatic carbocycles. The van der Waals surface area contributed by atoms with E-state index in [2.05, 4.69) is 5.32 Å². The van der Waals surface area contributed by atoms with E-state index in [4.69, 9.17) is 15.6 Å². The number of hydrogen-bond donors (Lipinski definition) is 3. The SMILES string of the molecule is Cc1cccc(N)c1NC(=O)CN1CC(CO)OCC1C. The van der Waals surface area contributed by atoms with Crippen LogP contribution in [-0.2, 0) is 9.53 Å². The maximum Gasteiger partial charge on any atom is 0.238 e. The van der Waals surface area contributed by atoms with Gasteiger partial charge in [0.2, 0.25) is 5.91 Å². The maximum atomic E-state index is 12.2. The van der Waals surface area contributed by atoms with Gasteiger partial charge < -0.3 is 20.9 Å². The molecule has 2 atom stereocenters. The molecule has 0 bridgehead atoms. The summed E-state index contributed by atoms with van der Waals surface area (Å²) in [5.74, 6) is -0.110. The molecule has 0 aromatic heterocycles. The smallest absolute Gasteiger partial charge is 0.238 e. The van der Waals surface area contributed by atoms with E-state index >= 15 is 0 Å². The average molecular weight is 293 g/mol. The van der Waals surface area contributed by atoms with Crippen molar-refractivity contribution in [2.24, 2.45) is 0 Å². The molecule has 0 spiro atoms. The monoisotopic (exact) mass is 293 g/mol. The maximum absolute atomic E-state index is 12.2. The lowest BCUT2D eigenvalue weighted by atomic mass is 10.1. The van der Waals surface area contributed by atoms with Crippen molar-refractivity contribution in [2.45, 2.75) is 26.0 Å². The zero-order valence-electron chi connectivity index (χ0n) is 12.5. The zero-order chi connectivity index (χ0) is 15.4. The molecular formula is C15H23N3O3. The van der Waals surface area contributed by atoms with Crippen LogP contribution in [0.15, 0.2) is 18.2 Å². The number of nitrogens with two attached hydrogens (primary N) is 1. The number of morpholine rings is 1. The number of benzene rings is 1. The minimum absolute atomic E-state index is 0.0322. The van der Waals surface area contributed by atoms with Crippen LogP contribution in [0.3, 0.4) is 0 Å². The van der Waals surface area contributed by atoms with Gasteiger partial charge in [0, 0.05) is 12.6 Å². The van der Waals surface area contributed by atoms with Crippen LogP contribution in [0.5, 0.6) is 0 Å². The number of aliphatic hydroxyl groups is 1. The van der Waals surface area contributed by atoms with Crippen LogP contribution in [0, 0.1) is 6.92 Å². The third-order valence-corrected chi connectivity index (χ3v) is 3.75. The van der Waals surface area contributed by atoms with Gasteiger partial charge in [-0.1, -0.05) is 12.1 Å². The third-order valence-electron chi connectivity index (χ3n) is 3.75. The minimum Gasteiger partial charge on any atom is -0.397 e. The van der Waals surface area contributed by atoms with Crippen LogP contribution in [0.2, 0.25) is 0 Å². The van der Waals surface area contributed by atoms with E-state index in [0.717, 1.165) is 5.56 Å². The van der Waals surface area contributed by atoms with Gasteiger partial charge in [0.05, 0.1) is 37.2 Å². The van der Waals surface area contributed by atoms with Crippen molar-refractivity contribution in [1.29, 1.82) is 0 Å². The lowest BCUT2D eigenvalue weighted by Gasteiger charge is -2.36. The fourth-order valence-electron chi connectivity index (χ4n) is 2.43. The standard InChI is InChI=1S/C15H23N3O3/c1-10-4-3-5-13(16)15(10)17-14(20)7-18-6-12(8-19)21-9-11(18)2/h3-5,11-12,19H,6-9,16H2,1-2H3,(H,17,20). The molecule has 1 amide bonds. The summed E-state index contributed by atoms with van der Waals surface area (Å²) in [6.45, 7) is 5.21. The van der Waals surface area contributed by atoms with Crippen LogP contribution >= 0.6 is 0 Å². The summed E-state index contributed by atoms with van der Waals surface area (Å²) in [5.41, 5.74) is 8.06. The predicted octanol–water partition coefficient (Wildman–Crippen LogP) is 0.597. The second-order valence-corrected chi connectivity index (χ2v) is 5.50. The summed E-state index contributed by atoms with van der Waals surface area (Å²) in [7, 11) is 0. The highest BCUT2D eigenvalue weighted by molar-refractivity contribution is 5.96. The number of ether oxygens (including phenoxy) is 1. The largest absolute Gasteiger partial charge is 0.397 e. The van der Waals surface area contributed by atoms with Gasteiger partial charge in [-0.3, -0.25) is 9.69 Å². The van der Waals surface area contributed by atoms with Gasteiger partial charge in [0.1, 0.15) is 0 Å². The molecular weight excluding hydrogens is 270 g/mol. The summed E-state index contributed by atoms with van der Waals surface area (Å²) in [6.07, 6.45) is -0.225. The van der Waals surface area contributed by atoms with Crippen molar-refractivity contribution in [3.8, 4) is 0 Å². The molecule has 1 aliphatic heterocycles. The van der Waals surface area contributed by atoms with E-state index in [0.29, 0.717) is 24.5 Å². The number of nitrogens with one attached hydrogen (secondary N) is 1. The fraction of sp³-hybridized carbons (Fsp3) is 0.533. The van der Waals surface area contributed by atoms with Crippen molar-refractivity contribution in [3.63, 3.8) is 0 Å². The number of nitrogens with zero attached hydrogens (tertiary/aromatic N) is 1. The first-order valence-corrected chi connectivity index (χ1v) is 7.12. The molecule has 0 saturated carbocycles. The lowest BCUT2D eigenvalue weighted by Crippen LogP contribution is -2.51. The molecule has 1 heterocycles. The van der Waals surface area contributed by atoms with E-state index in [1.54, 1.807) is 6.07 Å². The van der Waals surface area contributed by atoms with Crippen LogP contribution in [0.1, 0.15) is 12.5 Å². The number of aliphatic hydroxyl groups excluding tert-OH is 1. The lowest BCUT2D eigenvalue weighted by molar-refractivity contribution is -0.122. The highest BCUT2D eigenvalue weighted by Gasteiger charge is 2.27. The Kier molecular flexibility index (Phi) is 5.17. The van der Waals surface area contributed by atoms with Crippen molar-refractivity contribution in [3.05, 3.63) is 23.8 Å². The van der Waals surface area contributed by atoms with Crippen LogP contribution in [-0.4, -0.2) is 54.4 Å². The van der Waals surface area contributed by atoms with Crippen LogP contribution in [0.25, 0.3) is 0 Å². The number of aryl methyl sites for hydroxylation is 1. The van der Waals surface area contributed by atoms with Gasteiger partial charge in [-0.25, -0.2) is 0 Å². The van der Waals surface area contributed by atoms with Crippen LogP contribution < -0.4 is 11.1 Å². The summed E-state index contributed by atoms with van der Waals surface area (Å²) < 4.78 is 5.46. The van der Waals surface area contributed by atoms with E-state index < -0.39 is 0 Å². The summed E-state index contributed by atoms with van der Waals surface area (Å²) in [5, 5.41) is 12.0. The van der Waals surface area contributed by atoms with E-state index in [1.165, 1.54) is 0 Å². The molecule has 1 fully saturated rings. The Morgan fingerprint density at radius 3 is 3.00 bits per heavy atom. The molecule has 116 valence electrons. The number of carbonyl (C=O) groups is 1. The van der Waals surface area contributed by atoms with Gasteiger partial charge in [-0.15, -0.1) is 0 Å². The Balaban J connectivity index is 1.98. The molecule has 21 heavy (non-hydrogen) atoms. The topological polar surface area (TPSA) is 87.8 Å². The number of anilines is 2. The molecule has 2 rings (SSSR count). The summed E-state index contributed by atoms with van der Waals surface area (Å²) >= 11 is 0. The number of nitrogen functional groups attached to an aromatic ring is 1. The third kappa shape index (κ3) is 3.93. The number of rotatable bonds is 4. The van der Waals surface area contributed by atoms with Gasteiger partial charge >= 0.3 is 0 Å². The van der Waals surface area contributed by atoms with E-state index in [1.807, 2.05) is 30.9 Å². The predicted molar refractivity (Wildman–Crippen MR) is 82.1 cm³/mol. The Labute approximate surface area is 124 Å². The van der Waals surface area contributed by atoms with Gasteiger partial charge in [0.15, 0.2) is 0 Å². The normalized spacial score (nSPS) is 23.0. The van der Waals surface area contributed by atoms with Gasteiger partial charge in [-0.05, 0) is 25.5 Å². The van der Waals surface area contributed by atoms with Crippen molar-refractivity contribution in [2.75, 3.05) is 37.4 Å². The fourth-order valence-corrected chi connectivity index (χ4v) is 2.43. The minimum atomic E-state index is -0.225. The molecule has 1 saturated heterocycles. The Morgan fingerprint density at radius 1 is 1.57 bits per heavy atom. The molecule has 0 radical (unpaired) electrons. The van der Waals surface area contributed by atoms with Crippen LogP contribution in [0.4, 0.5) is 11.4 Å². The van der Waals surface area contributed by atoms with Crippen molar-refractivity contribution in [1.82, 2.24) is 4.90 Å². The molecule has 1 aliphatic rings. The summed E-state index contributed by atoms with van der Waals surface area (Å²) in [4.78, 5) is 14.2. The molecule has 6 nitrogen and oxygen atoms in total. The Hall–Kier alpha value is -1.63. The van der Waals surface area contributed by atoms with Gasteiger partial charge in [0.25, 0.3) is 0 Å². The second kappa shape index (κ2) is 6.89. The highest BCUT2D eigenvalue weighted by Crippen LogP contribution is 2.22. The molecule has 1 aromatic rings. The number of carbonyl (C=O) groups excluding carboxylic acids is 1. The molecule has 4 N–H and O–H groups in total. The van der Waals surface area contributed by atoms with Gasteiger partial charge in [-0.2, -0.15) is 0 Å². The van der Waals surface area contributed by atoms with Crippen molar-refractivity contribution >= 4 is 17.3 Å². The first kappa shape index (κ1) is 15.8. The average Bonchev–Trinajstić information content (AvgIpc) is 2.45. The number of hydrogen-bond acceptors (Lipinski definition) is 5. The molecule has 6 heteroatoms. The van der Waals surface area contributed by atoms with E-state index in [-0.39, 0.29) is 31.2 Å². The number of para-hydroxylation sites is 1. The molecule has 2 unspecified atom stereocenters. The second-order valence-electron chi connectivity index (χ2n) is 5.50. The first-order valence-electron chi connectivity index (χ1n) is 7.12. The molecule has 1 aromatic carbocycles. The number of amides is 1. The Morgan fingerprint density at radius 2 is 2.33 bits per heavy atom. The first-order chi connectivity index (χ1) is 10.0. The summed E-state index contributed by atoms with van der Waals surface area (Å²) in [6, 6.07) is 5.68. The Bertz CT molecular complexity index is 487.